The van der Waals surface area contributed by atoms with Crippen LogP contribution in [0.4, 0.5) is 5.69 Å². The molecule has 2 nitrogen and oxygen atoms in total. The molecule has 0 fully saturated rings. The summed E-state index contributed by atoms with van der Waals surface area (Å²) >= 11 is 12.0. The number of anilines is 1. The zero-order valence-corrected chi connectivity index (χ0v) is 15.3. The van der Waals surface area contributed by atoms with Gasteiger partial charge in [0.1, 0.15) is 0 Å². The van der Waals surface area contributed by atoms with Crippen LogP contribution in [0.25, 0.3) is 6.08 Å². The van der Waals surface area contributed by atoms with Gasteiger partial charge in [0.15, 0.2) is 0 Å². The summed E-state index contributed by atoms with van der Waals surface area (Å²) in [5.74, 6) is 0. The average molecular weight is 390 g/mol. The molecule has 1 aliphatic rings. The number of benzene rings is 2. The third-order valence-electron chi connectivity index (χ3n) is 3.29. The number of nitrogens with one attached hydrogen (secondary N) is 1. The molecule has 0 bridgehead atoms. The van der Waals surface area contributed by atoms with Gasteiger partial charge in [-0.2, -0.15) is 0 Å². The Hall–Kier alpha value is -1.19. The lowest BCUT2D eigenvalue weighted by molar-refractivity contribution is 1.04. The quantitative estimate of drug-likeness (QED) is 0.693. The van der Waals surface area contributed by atoms with Crippen molar-refractivity contribution in [2.75, 3.05) is 18.4 Å². The first-order chi connectivity index (χ1) is 10.2. The Kier molecular flexibility index (Phi) is 7.93. The normalized spacial score (nSPS) is 13.0. The van der Waals surface area contributed by atoms with Crippen LogP contribution in [0.1, 0.15) is 11.1 Å². The zero-order valence-electron chi connectivity index (χ0n) is 12.1. The van der Waals surface area contributed by atoms with Gasteiger partial charge < -0.3 is 5.32 Å². The molecule has 0 saturated heterocycles. The van der Waals surface area contributed by atoms with E-state index in [0.29, 0.717) is 10.0 Å². The third kappa shape index (κ3) is 4.89. The molecule has 2 aromatic carbocycles. The van der Waals surface area contributed by atoms with Gasteiger partial charge in [0, 0.05) is 17.8 Å². The molecule has 0 spiro atoms. The van der Waals surface area contributed by atoms with E-state index in [1.165, 1.54) is 0 Å². The Morgan fingerprint density at radius 2 is 1.74 bits per heavy atom. The Balaban J connectivity index is 0.00000132. The van der Waals surface area contributed by atoms with Gasteiger partial charge in [0.05, 0.1) is 22.3 Å². The predicted molar refractivity (Wildman–Crippen MR) is 106 cm³/mol. The fraction of sp³-hybridized carbons (Fsp3) is 0.118. The average Bonchev–Trinajstić information content (AvgIpc) is 2.71. The molecule has 3 rings (SSSR count). The molecule has 1 aliphatic heterocycles. The fourth-order valence-electron chi connectivity index (χ4n) is 2.25. The number of fused-ring (bicyclic) bond motifs is 1. The van der Waals surface area contributed by atoms with Crippen molar-refractivity contribution in [2.45, 2.75) is 0 Å². The fourth-order valence-corrected chi connectivity index (χ4v) is 2.55. The van der Waals surface area contributed by atoms with Crippen LogP contribution in [0.5, 0.6) is 0 Å². The number of nitrogens with zero attached hydrogens (tertiary/aromatic N) is 1. The molecule has 6 heteroatoms. The van der Waals surface area contributed by atoms with Gasteiger partial charge in [-0.1, -0.05) is 53.5 Å². The molecule has 0 unspecified atom stereocenters. The molecular formula is C17H16Cl4N2. The van der Waals surface area contributed by atoms with Crippen LogP contribution >= 0.6 is 48.0 Å². The van der Waals surface area contributed by atoms with E-state index in [0.717, 1.165) is 35.6 Å². The van der Waals surface area contributed by atoms with Gasteiger partial charge in [0.2, 0.25) is 0 Å². The van der Waals surface area contributed by atoms with Crippen LogP contribution in [-0.2, 0) is 0 Å². The van der Waals surface area contributed by atoms with Gasteiger partial charge in [0.25, 0.3) is 0 Å². The largest absolute Gasteiger partial charge is 0.383 e. The molecule has 0 saturated carbocycles. The van der Waals surface area contributed by atoms with Gasteiger partial charge in [-0.25, -0.2) is 0 Å². The van der Waals surface area contributed by atoms with E-state index in [1.54, 1.807) is 6.07 Å². The summed E-state index contributed by atoms with van der Waals surface area (Å²) in [7, 11) is 0. The minimum Gasteiger partial charge on any atom is -0.383 e. The van der Waals surface area contributed by atoms with E-state index < -0.39 is 0 Å². The highest BCUT2D eigenvalue weighted by Crippen LogP contribution is 2.24. The smallest absolute Gasteiger partial charge is 0.0668 e. The van der Waals surface area contributed by atoms with E-state index >= 15 is 0 Å². The van der Waals surface area contributed by atoms with Crippen molar-refractivity contribution in [3.05, 3.63) is 69.7 Å². The summed E-state index contributed by atoms with van der Waals surface area (Å²) < 4.78 is 0. The van der Waals surface area contributed by atoms with Crippen LogP contribution in [0.2, 0.25) is 10.0 Å². The summed E-state index contributed by atoms with van der Waals surface area (Å²) in [6, 6.07) is 13.8. The summed E-state index contributed by atoms with van der Waals surface area (Å²) in [4.78, 5) is 4.63. The maximum Gasteiger partial charge on any atom is 0.0668 e. The number of halogens is 4. The molecule has 1 N–H and O–H groups in total. The van der Waals surface area contributed by atoms with E-state index in [2.05, 4.69) is 22.4 Å². The Morgan fingerprint density at radius 1 is 0.957 bits per heavy atom. The minimum atomic E-state index is 0. The Labute approximate surface area is 158 Å². The lowest BCUT2D eigenvalue weighted by atomic mass is 10.1. The van der Waals surface area contributed by atoms with Crippen molar-refractivity contribution in [3.8, 4) is 0 Å². The van der Waals surface area contributed by atoms with Gasteiger partial charge in [-0.15, -0.1) is 24.8 Å². The van der Waals surface area contributed by atoms with E-state index in [9.17, 15) is 0 Å². The summed E-state index contributed by atoms with van der Waals surface area (Å²) in [6.45, 7) is 1.61. The van der Waals surface area contributed by atoms with Crippen molar-refractivity contribution in [3.63, 3.8) is 0 Å². The van der Waals surface area contributed by atoms with Crippen LogP contribution in [0.3, 0.4) is 0 Å². The van der Waals surface area contributed by atoms with Gasteiger partial charge >= 0.3 is 0 Å². The lowest BCUT2D eigenvalue weighted by Crippen LogP contribution is -2.03. The number of para-hydroxylation sites is 1. The van der Waals surface area contributed by atoms with Crippen LogP contribution in [-0.4, -0.2) is 18.8 Å². The highest BCUT2D eigenvalue weighted by molar-refractivity contribution is 6.42. The first-order valence-electron chi connectivity index (χ1n) is 6.75. The van der Waals surface area contributed by atoms with Crippen LogP contribution < -0.4 is 5.32 Å². The van der Waals surface area contributed by atoms with E-state index in [-0.39, 0.29) is 24.8 Å². The first kappa shape index (κ1) is 19.9. The molecule has 122 valence electrons. The SMILES string of the molecule is Cl.Cl.Clc1ccc(C=CC2=NCCNc3ccccc32)cc1Cl. The molecule has 0 aliphatic carbocycles. The second-order valence-electron chi connectivity index (χ2n) is 4.75. The molecule has 23 heavy (non-hydrogen) atoms. The number of allylic oxidation sites excluding steroid dienone is 1. The third-order valence-corrected chi connectivity index (χ3v) is 4.03. The topological polar surface area (TPSA) is 24.4 Å². The van der Waals surface area contributed by atoms with Crippen molar-refractivity contribution in [1.29, 1.82) is 0 Å². The molecule has 2 aromatic rings. The summed E-state index contributed by atoms with van der Waals surface area (Å²) in [6.07, 6.45) is 4.02. The van der Waals surface area contributed by atoms with E-state index in [4.69, 9.17) is 23.2 Å². The zero-order chi connectivity index (χ0) is 14.7. The van der Waals surface area contributed by atoms with Crippen LogP contribution in [0, 0.1) is 0 Å². The molecule has 0 radical (unpaired) electrons. The van der Waals surface area contributed by atoms with Crippen LogP contribution in [0.15, 0.2) is 53.5 Å². The summed E-state index contributed by atoms with van der Waals surface area (Å²) in [5.41, 5.74) is 4.21. The first-order valence-corrected chi connectivity index (χ1v) is 7.50. The molecule has 0 atom stereocenters. The highest BCUT2D eigenvalue weighted by atomic mass is 35.5. The molecule has 0 aromatic heterocycles. The number of hydrogen-bond donors (Lipinski definition) is 1. The number of benzodiazepines with no additional fused rings is 1. The highest BCUT2D eigenvalue weighted by Gasteiger charge is 2.09. The van der Waals surface area contributed by atoms with Gasteiger partial charge in [-0.3, -0.25) is 4.99 Å². The monoisotopic (exact) mass is 388 g/mol. The van der Waals surface area contributed by atoms with Crippen molar-refractivity contribution < 1.29 is 0 Å². The number of aliphatic imine (C=N–C) groups is 1. The number of rotatable bonds is 2. The second kappa shape index (κ2) is 9.19. The second-order valence-corrected chi connectivity index (χ2v) is 5.56. The number of hydrogen-bond acceptors (Lipinski definition) is 2. The molecule has 1 heterocycles. The molecular weight excluding hydrogens is 374 g/mol. The standard InChI is InChI=1S/C17H14Cl2N2.2ClH/c18-14-7-5-12(11-15(14)19)6-8-17-13-3-1-2-4-16(13)20-9-10-21-17;;/h1-8,11,20H,9-10H2;2*1H. The predicted octanol–water partition coefficient (Wildman–Crippen LogP) is 5.77. The lowest BCUT2D eigenvalue weighted by Gasteiger charge is -2.07. The maximum atomic E-state index is 6.04. The minimum absolute atomic E-state index is 0. The van der Waals surface area contributed by atoms with E-state index in [1.807, 2.05) is 36.4 Å². The Bertz CT molecular complexity index is 726. The van der Waals surface area contributed by atoms with Crippen molar-refractivity contribution >= 4 is 65.5 Å². The van der Waals surface area contributed by atoms with Gasteiger partial charge in [-0.05, 0) is 29.8 Å². The molecule has 0 amide bonds. The maximum absolute atomic E-state index is 6.04. The Morgan fingerprint density at radius 3 is 2.52 bits per heavy atom. The van der Waals surface area contributed by atoms with Crippen molar-refractivity contribution in [2.24, 2.45) is 4.99 Å². The summed E-state index contributed by atoms with van der Waals surface area (Å²) in [5, 5.41) is 4.51. The van der Waals surface area contributed by atoms with Crippen molar-refractivity contribution in [1.82, 2.24) is 0 Å².